The molecule has 0 heterocycles. The van der Waals surface area contributed by atoms with Crippen LogP contribution in [0, 0.1) is 5.41 Å². The Kier molecular flexibility index (Phi) is 27.7. The molecule has 0 radical (unpaired) electrons. The van der Waals surface area contributed by atoms with Crippen LogP contribution in [0.25, 0.3) is 0 Å². The van der Waals surface area contributed by atoms with E-state index in [4.69, 9.17) is 28.4 Å². The number of hydrogen-bond acceptors (Lipinski definition) is 9. The Morgan fingerprint density at radius 1 is 0.606 bits per heavy atom. The van der Waals surface area contributed by atoms with Gasteiger partial charge >= 0.3 is 17.9 Å². The van der Waals surface area contributed by atoms with E-state index in [-0.39, 0.29) is 81.7 Å². The van der Waals surface area contributed by atoms with E-state index in [0.29, 0.717) is 6.42 Å². The molecule has 0 N–H and O–H groups in total. The Balaban J connectivity index is -0.00000140. The minimum absolute atomic E-state index is 0. The highest BCUT2D eigenvalue weighted by Gasteiger charge is 2.30. The Morgan fingerprint density at radius 3 is 1.09 bits per heavy atom. The SMILES string of the molecule is C.C.C.C=CC(=O)OCCOCC(CC)(COCCOC(=O)C=C)COCCOC(=O)C=C. The van der Waals surface area contributed by atoms with Crippen molar-refractivity contribution in [2.45, 2.75) is 35.6 Å². The van der Waals surface area contributed by atoms with E-state index in [1.807, 2.05) is 6.92 Å². The summed E-state index contributed by atoms with van der Waals surface area (Å²) >= 11 is 0. The fraction of sp³-hybridized carbons (Fsp3) is 0.625. The Morgan fingerprint density at radius 2 is 0.879 bits per heavy atom. The molecule has 0 aromatic rings. The van der Waals surface area contributed by atoms with E-state index < -0.39 is 23.3 Å². The van der Waals surface area contributed by atoms with Crippen LogP contribution in [-0.4, -0.2) is 77.4 Å². The molecule has 0 aliphatic carbocycles. The van der Waals surface area contributed by atoms with Crippen LogP contribution in [0.3, 0.4) is 0 Å². The maximum atomic E-state index is 11.1. The van der Waals surface area contributed by atoms with Gasteiger partial charge in [0.15, 0.2) is 0 Å². The van der Waals surface area contributed by atoms with Gasteiger partial charge in [0, 0.05) is 23.6 Å². The Hall–Kier alpha value is -2.49. The second-order valence-electron chi connectivity index (χ2n) is 6.13. The van der Waals surface area contributed by atoms with Crippen LogP contribution < -0.4 is 0 Å². The maximum absolute atomic E-state index is 11.1. The van der Waals surface area contributed by atoms with Gasteiger partial charge in [0.2, 0.25) is 0 Å². The van der Waals surface area contributed by atoms with Crippen molar-refractivity contribution in [3.8, 4) is 0 Å². The first-order valence-electron chi connectivity index (χ1n) is 9.53. The van der Waals surface area contributed by atoms with Crippen molar-refractivity contribution >= 4 is 17.9 Å². The predicted molar refractivity (Wildman–Crippen MR) is 129 cm³/mol. The van der Waals surface area contributed by atoms with Crippen LogP contribution in [0.5, 0.6) is 0 Å². The van der Waals surface area contributed by atoms with Gasteiger partial charge in [0.1, 0.15) is 19.8 Å². The minimum Gasteiger partial charge on any atom is -0.460 e. The van der Waals surface area contributed by atoms with Crippen molar-refractivity contribution in [1.29, 1.82) is 0 Å². The summed E-state index contributed by atoms with van der Waals surface area (Å²) < 4.78 is 31.5. The molecular weight excluding hydrogens is 432 g/mol. The highest BCUT2D eigenvalue weighted by molar-refractivity contribution is 5.81. The summed E-state index contributed by atoms with van der Waals surface area (Å²) in [6.07, 6.45) is 3.90. The highest BCUT2D eigenvalue weighted by Crippen LogP contribution is 2.24. The topological polar surface area (TPSA) is 107 Å². The van der Waals surface area contributed by atoms with Crippen molar-refractivity contribution in [1.82, 2.24) is 0 Å². The van der Waals surface area contributed by atoms with E-state index in [1.165, 1.54) is 0 Å². The Bertz CT molecular complexity index is 484. The molecule has 0 spiro atoms. The minimum atomic E-state index is -0.518. The van der Waals surface area contributed by atoms with Gasteiger partial charge in [-0.1, -0.05) is 48.9 Å². The molecule has 0 aromatic carbocycles. The zero-order valence-corrected chi connectivity index (χ0v) is 17.6. The summed E-state index contributed by atoms with van der Waals surface area (Å²) in [7, 11) is 0. The molecular formula is C24H44O9. The normalized spacial score (nSPS) is 9.73. The van der Waals surface area contributed by atoms with Crippen LogP contribution in [0.4, 0.5) is 0 Å². The summed E-state index contributed by atoms with van der Waals surface area (Å²) in [6, 6.07) is 0. The number of hydrogen-bond donors (Lipinski definition) is 0. The molecule has 0 saturated carbocycles. The van der Waals surface area contributed by atoms with Gasteiger partial charge in [-0.3, -0.25) is 0 Å². The quantitative estimate of drug-likeness (QED) is 0.120. The first-order chi connectivity index (χ1) is 14.4. The molecule has 0 aliphatic rings. The monoisotopic (exact) mass is 476 g/mol. The third-order valence-electron chi connectivity index (χ3n) is 3.89. The van der Waals surface area contributed by atoms with Gasteiger partial charge in [-0.15, -0.1) is 0 Å². The lowest BCUT2D eigenvalue weighted by Gasteiger charge is -2.32. The standard InChI is InChI=1S/C21H32O9.3CH4/c1-5-18(22)28-12-9-25-15-21(8-4,16-26-10-13-29-19(23)6-2)17-27-11-14-30-20(24)7-3;;;/h5-7H,1-3,8-17H2,4H3;3*1H4. The summed E-state index contributed by atoms with van der Waals surface area (Å²) in [5, 5.41) is 0. The van der Waals surface area contributed by atoms with Crippen LogP contribution in [0.2, 0.25) is 0 Å². The Labute approximate surface area is 199 Å². The van der Waals surface area contributed by atoms with Crippen LogP contribution in [0.1, 0.15) is 35.6 Å². The van der Waals surface area contributed by atoms with Gasteiger partial charge in [0.25, 0.3) is 0 Å². The molecule has 194 valence electrons. The second-order valence-corrected chi connectivity index (χ2v) is 6.13. The number of carbonyl (C=O) groups is 3. The van der Waals surface area contributed by atoms with E-state index >= 15 is 0 Å². The van der Waals surface area contributed by atoms with Gasteiger partial charge in [-0.2, -0.15) is 0 Å². The summed E-state index contributed by atoms with van der Waals surface area (Å²) in [5.41, 5.74) is -0.493. The molecule has 9 nitrogen and oxygen atoms in total. The largest absolute Gasteiger partial charge is 0.460 e. The summed E-state index contributed by atoms with van der Waals surface area (Å²) in [4.78, 5) is 33.2. The van der Waals surface area contributed by atoms with Gasteiger partial charge < -0.3 is 28.4 Å². The molecule has 0 saturated heterocycles. The molecule has 9 heteroatoms. The maximum Gasteiger partial charge on any atom is 0.330 e. The average Bonchev–Trinajstić information content (AvgIpc) is 2.76. The van der Waals surface area contributed by atoms with Crippen molar-refractivity contribution in [2.75, 3.05) is 59.5 Å². The average molecular weight is 477 g/mol. The number of ether oxygens (including phenoxy) is 6. The molecule has 0 atom stereocenters. The lowest BCUT2D eigenvalue weighted by atomic mass is 9.88. The third kappa shape index (κ3) is 19.9. The fourth-order valence-corrected chi connectivity index (χ4v) is 2.08. The van der Waals surface area contributed by atoms with Gasteiger partial charge in [-0.25, -0.2) is 14.4 Å². The molecule has 0 aliphatic heterocycles. The van der Waals surface area contributed by atoms with E-state index in [0.717, 1.165) is 18.2 Å². The van der Waals surface area contributed by atoms with Crippen molar-refractivity contribution in [3.63, 3.8) is 0 Å². The first-order valence-corrected chi connectivity index (χ1v) is 9.53. The number of carbonyl (C=O) groups excluding carboxylic acids is 3. The second kappa shape index (κ2) is 24.2. The zero-order chi connectivity index (χ0) is 22.7. The van der Waals surface area contributed by atoms with E-state index in [2.05, 4.69) is 19.7 Å². The van der Waals surface area contributed by atoms with E-state index in [9.17, 15) is 14.4 Å². The highest BCUT2D eigenvalue weighted by atomic mass is 16.6. The lowest BCUT2D eigenvalue weighted by molar-refractivity contribution is -0.141. The molecule has 0 bridgehead atoms. The van der Waals surface area contributed by atoms with Crippen LogP contribution >= 0.6 is 0 Å². The van der Waals surface area contributed by atoms with Gasteiger partial charge in [0.05, 0.1) is 39.6 Å². The third-order valence-corrected chi connectivity index (χ3v) is 3.89. The predicted octanol–water partition coefficient (Wildman–Crippen LogP) is 3.53. The lowest BCUT2D eigenvalue weighted by Crippen LogP contribution is -2.38. The number of esters is 3. The zero-order valence-electron chi connectivity index (χ0n) is 17.6. The van der Waals surface area contributed by atoms with Crippen LogP contribution in [-0.2, 0) is 42.8 Å². The van der Waals surface area contributed by atoms with Crippen molar-refractivity contribution in [3.05, 3.63) is 38.0 Å². The molecule has 33 heavy (non-hydrogen) atoms. The molecule has 0 fully saturated rings. The van der Waals surface area contributed by atoms with Crippen molar-refractivity contribution < 1.29 is 42.8 Å². The molecule has 0 amide bonds. The van der Waals surface area contributed by atoms with Crippen LogP contribution in [0.15, 0.2) is 38.0 Å². The first kappa shape index (κ1) is 37.8. The van der Waals surface area contributed by atoms with Gasteiger partial charge in [-0.05, 0) is 6.42 Å². The smallest absolute Gasteiger partial charge is 0.330 e. The fourth-order valence-electron chi connectivity index (χ4n) is 2.08. The van der Waals surface area contributed by atoms with Crippen molar-refractivity contribution in [2.24, 2.45) is 5.41 Å². The molecule has 0 aromatic heterocycles. The van der Waals surface area contributed by atoms with E-state index in [1.54, 1.807) is 0 Å². The number of rotatable bonds is 19. The molecule has 0 rings (SSSR count). The summed E-state index contributed by atoms with van der Waals surface area (Å²) in [5.74, 6) is -1.56. The molecule has 0 unspecified atom stereocenters. The summed E-state index contributed by atoms with van der Waals surface area (Å²) in [6.45, 7) is 13.7.